The van der Waals surface area contributed by atoms with Gasteiger partial charge in [0.2, 0.25) is 11.8 Å². The van der Waals surface area contributed by atoms with Gasteiger partial charge >= 0.3 is 0 Å². The number of benzene rings is 1. The first kappa shape index (κ1) is 14.2. The zero-order valence-corrected chi connectivity index (χ0v) is 10.5. The fraction of sp³-hybridized carbons (Fsp3) is 0.385. The van der Waals surface area contributed by atoms with E-state index in [-0.39, 0.29) is 30.8 Å². The summed E-state index contributed by atoms with van der Waals surface area (Å²) >= 11 is 0. The number of rotatable bonds is 6. The van der Waals surface area contributed by atoms with Crippen LogP contribution in [0.15, 0.2) is 30.3 Å². The molecule has 0 spiro atoms. The number of carbonyl (C=O) groups is 2. The average molecular weight is 249 g/mol. The summed E-state index contributed by atoms with van der Waals surface area (Å²) in [5.41, 5.74) is 6.49. The van der Waals surface area contributed by atoms with Crippen LogP contribution in [0, 0.1) is 0 Å². The molecule has 0 bridgehead atoms. The van der Waals surface area contributed by atoms with Gasteiger partial charge in [0.25, 0.3) is 0 Å². The van der Waals surface area contributed by atoms with Crippen LogP contribution in [0.25, 0.3) is 0 Å². The van der Waals surface area contributed by atoms with Gasteiger partial charge in [0.1, 0.15) is 0 Å². The molecule has 0 saturated heterocycles. The van der Waals surface area contributed by atoms with Gasteiger partial charge in [-0.2, -0.15) is 0 Å². The quantitative estimate of drug-likeness (QED) is 0.671. The van der Waals surface area contributed by atoms with E-state index in [1.165, 1.54) is 0 Å². The normalized spacial score (nSPS) is 11.7. The van der Waals surface area contributed by atoms with Gasteiger partial charge in [0, 0.05) is 19.0 Å². The Morgan fingerprint density at radius 3 is 2.44 bits per heavy atom. The summed E-state index contributed by atoms with van der Waals surface area (Å²) in [5, 5.41) is 5.24. The van der Waals surface area contributed by atoms with E-state index in [0.29, 0.717) is 6.54 Å². The van der Waals surface area contributed by atoms with Crippen molar-refractivity contribution in [3.63, 3.8) is 0 Å². The monoisotopic (exact) mass is 249 g/mol. The van der Waals surface area contributed by atoms with Gasteiger partial charge in [-0.3, -0.25) is 9.59 Å². The molecule has 2 amide bonds. The Morgan fingerprint density at radius 2 is 1.83 bits per heavy atom. The van der Waals surface area contributed by atoms with Crippen molar-refractivity contribution in [2.45, 2.75) is 25.9 Å². The van der Waals surface area contributed by atoms with Crippen molar-refractivity contribution in [1.29, 1.82) is 0 Å². The van der Waals surface area contributed by atoms with Gasteiger partial charge in [-0.25, -0.2) is 0 Å². The zero-order chi connectivity index (χ0) is 13.4. The van der Waals surface area contributed by atoms with Gasteiger partial charge in [-0.1, -0.05) is 30.3 Å². The lowest BCUT2D eigenvalue weighted by atomic mass is 10.2. The lowest BCUT2D eigenvalue weighted by Crippen LogP contribution is -2.38. The highest BCUT2D eigenvalue weighted by atomic mass is 16.2. The smallest absolute Gasteiger partial charge is 0.239 e. The van der Waals surface area contributed by atoms with Crippen LogP contribution >= 0.6 is 0 Å². The van der Waals surface area contributed by atoms with Gasteiger partial charge in [-0.05, 0) is 12.5 Å². The van der Waals surface area contributed by atoms with Gasteiger partial charge < -0.3 is 16.4 Å². The minimum absolute atomic E-state index is 0.0155. The van der Waals surface area contributed by atoms with E-state index >= 15 is 0 Å². The molecule has 1 unspecified atom stereocenters. The van der Waals surface area contributed by atoms with Crippen LogP contribution in [-0.4, -0.2) is 24.4 Å². The van der Waals surface area contributed by atoms with Crippen LogP contribution in [0.4, 0.5) is 0 Å². The molecular weight excluding hydrogens is 230 g/mol. The van der Waals surface area contributed by atoms with Gasteiger partial charge in [0.05, 0.1) is 6.54 Å². The SMILES string of the molecule is CC(N)CC(=O)NCC(=O)NCc1ccccc1. The molecule has 4 N–H and O–H groups in total. The van der Waals surface area contributed by atoms with E-state index in [1.54, 1.807) is 6.92 Å². The number of carbonyl (C=O) groups excluding carboxylic acids is 2. The Kier molecular flexibility index (Phi) is 5.87. The standard InChI is InChI=1S/C13H19N3O2/c1-10(14)7-12(17)16-9-13(18)15-8-11-5-3-2-4-6-11/h2-6,10H,7-9,14H2,1H3,(H,15,18)(H,16,17). The molecule has 1 rings (SSSR count). The topological polar surface area (TPSA) is 84.2 Å². The third kappa shape index (κ3) is 6.00. The van der Waals surface area contributed by atoms with E-state index in [9.17, 15) is 9.59 Å². The predicted molar refractivity (Wildman–Crippen MR) is 69.6 cm³/mol. The first-order valence-electron chi connectivity index (χ1n) is 5.91. The van der Waals surface area contributed by atoms with Gasteiger partial charge in [0.15, 0.2) is 0 Å². The largest absolute Gasteiger partial charge is 0.350 e. The molecule has 0 radical (unpaired) electrons. The highest BCUT2D eigenvalue weighted by Gasteiger charge is 2.07. The Bertz CT molecular complexity index is 390. The Balaban J connectivity index is 2.20. The van der Waals surface area contributed by atoms with Crippen molar-refractivity contribution in [3.05, 3.63) is 35.9 Å². The maximum atomic E-state index is 11.4. The van der Waals surface area contributed by atoms with E-state index in [2.05, 4.69) is 10.6 Å². The fourth-order valence-corrected chi connectivity index (χ4v) is 1.40. The fourth-order valence-electron chi connectivity index (χ4n) is 1.40. The highest BCUT2D eigenvalue weighted by Crippen LogP contribution is 1.96. The Hall–Kier alpha value is -1.88. The van der Waals surface area contributed by atoms with Crippen molar-refractivity contribution >= 4 is 11.8 Å². The van der Waals surface area contributed by atoms with Crippen molar-refractivity contribution < 1.29 is 9.59 Å². The molecular formula is C13H19N3O2. The van der Waals surface area contributed by atoms with Crippen molar-refractivity contribution in [1.82, 2.24) is 10.6 Å². The first-order chi connectivity index (χ1) is 8.58. The molecule has 5 heteroatoms. The van der Waals surface area contributed by atoms with Crippen molar-refractivity contribution in [3.8, 4) is 0 Å². The summed E-state index contributed by atoms with van der Waals surface area (Å²) in [6, 6.07) is 9.39. The molecule has 0 aliphatic carbocycles. The second kappa shape index (κ2) is 7.45. The number of nitrogens with one attached hydrogen (secondary N) is 2. The summed E-state index contributed by atoms with van der Waals surface area (Å²) in [6.07, 6.45) is 0.228. The van der Waals surface area contributed by atoms with Crippen LogP contribution in [-0.2, 0) is 16.1 Å². The molecule has 98 valence electrons. The molecule has 18 heavy (non-hydrogen) atoms. The maximum absolute atomic E-state index is 11.4. The predicted octanol–water partition coefficient (Wildman–Crippen LogP) is 0.156. The summed E-state index contributed by atoms with van der Waals surface area (Å²) < 4.78 is 0. The molecule has 1 atom stereocenters. The average Bonchev–Trinajstić information content (AvgIpc) is 2.34. The van der Waals surface area contributed by atoms with Crippen LogP contribution in [0.3, 0.4) is 0 Å². The number of nitrogens with two attached hydrogens (primary N) is 1. The molecule has 0 saturated carbocycles. The third-order valence-electron chi connectivity index (χ3n) is 2.29. The minimum Gasteiger partial charge on any atom is -0.350 e. The summed E-state index contributed by atoms with van der Waals surface area (Å²) in [4.78, 5) is 22.7. The lowest BCUT2D eigenvalue weighted by Gasteiger charge is -2.08. The van der Waals surface area contributed by atoms with Crippen LogP contribution in [0.2, 0.25) is 0 Å². The number of amides is 2. The molecule has 1 aromatic rings. The zero-order valence-electron chi connectivity index (χ0n) is 10.5. The first-order valence-corrected chi connectivity index (χ1v) is 5.91. The van der Waals surface area contributed by atoms with E-state index < -0.39 is 0 Å². The number of hydrogen-bond acceptors (Lipinski definition) is 3. The van der Waals surface area contributed by atoms with Crippen LogP contribution < -0.4 is 16.4 Å². The Morgan fingerprint density at radius 1 is 1.17 bits per heavy atom. The second-order valence-electron chi connectivity index (χ2n) is 4.22. The third-order valence-corrected chi connectivity index (χ3v) is 2.29. The second-order valence-corrected chi connectivity index (χ2v) is 4.22. The molecule has 0 aliphatic rings. The summed E-state index contributed by atoms with van der Waals surface area (Å²) in [5.74, 6) is -0.420. The lowest BCUT2D eigenvalue weighted by molar-refractivity contribution is -0.126. The highest BCUT2D eigenvalue weighted by molar-refractivity contribution is 5.84. The Labute approximate surface area is 107 Å². The molecule has 0 aliphatic heterocycles. The summed E-state index contributed by atoms with van der Waals surface area (Å²) in [7, 11) is 0. The number of hydrogen-bond donors (Lipinski definition) is 3. The molecule has 1 aromatic carbocycles. The molecule has 0 fully saturated rings. The molecule has 0 aromatic heterocycles. The summed E-state index contributed by atoms with van der Waals surface area (Å²) in [6.45, 7) is 2.19. The van der Waals surface area contributed by atoms with Crippen LogP contribution in [0.5, 0.6) is 0 Å². The van der Waals surface area contributed by atoms with Crippen molar-refractivity contribution in [2.75, 3.05) is 6.54 Å². The van der Waals surface area contributed by atoms with Crippen molar-refractivity contribution in [2.24, 2.45) is 5.73 Å². The molecule has 0 heterocycles. The van der Waals surface area contributed by atoms with E-state index in [4.69, 9.17) is 5.73 Å². The van der Waals surface area contributed by atoms with E-state index in [1.807, 2.05) is 30.3 Å². The van der Waals surface area contributed by atoms with Gasteiger partial charge in [-0.15, -0.1) is 0 Å². The molecule has 5 nitrogen and oxygen atoms in total. The maximum Gasteiger partial charge on any atom is 0.239 e. The minimum atomic E-state index is -0.211. The van der Waals surface area contributed by atoms with E-state index in [0.717, 1.165) is 5.56 Å². The van der Waals surface area contributed by atoms with Crippen LogP contribution in [0.1, 0.15) is 18.9 Å².